The fourth-order valence-corrected chi connectivity index (χ4v) is 2.36. The van der Waals surface area contributed by atoms with E-state index < -0.39 is 5.82 Å². The summed E-state index contributed by atoms with van der Waals surface area (Å²) in [5.74, 6) is -0.0440. The van der Waals surface area contributed by atoms with Crippen molar-refractivity contribution >= 4 is 22.6 Å². The number of methoxy groups -OCH3 is 1. The van der Waals surface area contributed by atoms with Gasteiger partial charge in [-0.2, -0.15) is 12.1 Å². The zero-order valence-corrected chi connectivity index (χ0v) is 16.1. The summed E-state index contributed by atoms with van der Waals surface area (Å²) < 4.78 is 21.3. The Kier molecular flexibility index (Phi) is 6.81. The van der Waals surface area contributed by atoms with Gasteiger partial charge in [0.2, 0.25) is 5.56 Å². The zero-order valence-electron chi connectivity index (χ0n) is 11.1. The number of hydrogen-bond donors (Lipinski definition) is 0. The molecule has 2 rings (SSSR count). The number of hydrogen-bond acceptors (Lipinski definition) is 2. The molecule has 0 saturated carbocycles. The van der Waals surface area contributed by atoms with Crippen molar-refractivity contribution in [3.05, 3.63) is 50.1 Å². The first-order valence-corrected chi connectivity index (χ1v) is 6.82. The normalized spacial score (nSPS) is 10.0. The van der Waals surface area contributed by atoms with Crippen LogP contribution in [0.3, 0.4) is 0 Å². The molecule has 20 heavy (non-hydrogen) atoms. The Morgan fingerprint density at radius 2 is 2.15 bits per heavy atom. The molecule has 0 fully saturated rings. The van der Waals surface area contributed by atoms with Gasteiger partial charge in [-0.15, -0.1) is 22.6 Å². The molecule has 0 saturated heterocycles. The second-order valence-electron chi connectivity index (χ2n) is 3.85. The Morgan fingerprint density at radius 3 is 2.75 bits per heavy atom. The van der Waals surface area contributed by atoms with Crippen LogP contribution in [-0.2, 0) is 39.3 Å². The molecule has 0 spiro atoms. The van der Waals surface area contributed by atoms with Crippen molar-refractivity contribution in [3.8, 4) is 17.0 Å². The van der Waals surface area contributed by atoms with Crippen LogP contribution < -0.4 is 10.3 Å². The Morgan fingerprint density at radius 1 is 1.45 bits per heavy atom. The van der Waals surface area contributed by atoms with E-state index in [0.29, 0.717) is 21.6 Å². The molecule has 0 bridgehead atoms. The van der Waals surface area contributed by atoms with E-state index in [1.165, 1.54) is 17.7 Å². The molecule has 0 aliphatic rings. The summed E-state index contributed by atoms with van der Waals surface area (Å²) in [6.07, 6.45) is 0. The first-order chi connectivity index (χ1) is 9.10. The summed E-state index contributed by atoms with van der Waals surface area (Å²) >= 11 is 1.95. The minimum Gasteiger partial charge on any atom is -0.509 e. The summed E-state index contributed by atoms with van der Waals surface area (Å²) in [6.45, 7) is 2.28. The monoisotopic (exact) mass is 461 g/mol. The molecule has 0 aliphatic carbocycles. The predicted octanol–water partition coefficient (Wildman–Crippen LogP) is 3.09. The van der Waals surface area contributed by atoms with Crippen LogP contribution in [-0.4, -0.2) is 11.7 Å². The Bertz CT molecular complexity index is 673. The van der Waals surface area contributed by atoms with Gasteiger partial charge in [0.1, 0.15) is 0 Å². The molecule has 0 N–H and O–H groups in total. The summed E-state index contributed by atoms with van der Waals surface area (Å²) in [6, 6.07) is 9.10. The number of pyridine rings is 1. The molecule has 1 heterocycles. The van der Waals surface area contributed by atoms with E-state index in [2.05, 4.69) is 6.07 Å². The molecule has 0 atom stereocenters. The summed E-state index contributed by atoms with van der Waals surface area (Å²) in [7, 11) is 1.47. The maximum atomic E-state index is 14.1. The van der Waals surface area contributed by atoms with Crippen LogP contribution in [0.1, 0.15) is 6.92 Å². The fourth-order valence-electron chi connectivity index (χ4n) is 1.91. The number of aromatic nitrogens is 1. The van der Waals surface area contributed by atoms with Crippen molar-refractivity contribution < 1.29 is 41.8 Å². The number of nitrogens with zero attached hydrogens (tertiary/aromatic N) is 1. The van der Waals surface area contributed by atoms with Crippen LogP contribution in [0.15, 0.2) is 29.1 Å². The van der Waals surface area contributed by atoms with E-state index >= 15 is 0 Å². The van der Waals surface area contributed by atoms with Gasteiger partial charge in [0.15, 0.2) is 0 Å². The molecular weight excluding hydrogens is 449 g/mol. The molecule has 1 radical (unpaired) electrons. The summed E-state index contributed by atoms with van der Waals surface area (Å²) in [5.41, 5.74) is 0.519. The maximum absolute atomic E-state index is 14.1. The Balaban J connectivity index is 0.00000200. The van der Waals surface area contributed by atoms with E-state index in [-0.39, 0.29) is 43.8 Å². The van der Waals surface area contributed by atoms with Gasteiger partial charge in [-0.3, -0.25) is 4.79 Å². The standard InChI is InChI=1S/C14H12FINO2.Y/c1-3-17-11(8-7-10(16)14(17)18)13-9(15)5-4-6-12(13)19-2;/h4-7H,3H2,1-2H3;/q-1;. The van der Waals surface area contributed by atoms with E-state index in [1.807, 2.05) is 29.5 Å². The van der Waals surface area contributed by atoms with Crippen LogP contribution in [0.25, 0.3) is 11.3 Å². The molecule has 103 valence electrons. The Labute approximate surface area is 155 Å². The van der Waals surface area contributed by atoms with Crippen molar-refractivity contribution in [2.75, 3.05) is 7.11 Å². The van der Waals surface area contributed by atoms with Crippen molar-refractivity contribution in [3.63, 3.8) is 0 Å². The number of halogens is 2. The van der Waals surface area contributed by atoms with Crippen LogP contribution >= 0.6 is 22.6 Å². The number of ether oxygens (including phenoxy) is 1. The SMILES string of the molecule is CCn1c(-c2c(F)cccc2OC)[c-]cc(I)c1=O.[Y]. The van der Waals surface area contributed by atoms with Gasteiger partial charge in [-0.05, 0) is 28.2 Å². The van der Waals surface area contributed by atoms with Gasteiger partial charge in [-0.25, -0.2) is 4.39 Å². The molecule has 0 unspecified atom stereocenters. The number of rotatable bonds is 3. The topological polar surface area (TPSA) is 31.2 Å². The third-order valence-corrected chi connectivity index (χ3v) is 3.58. The van der Waals surface area contributed by atoms with Gasteiger partial charge in [0, 0.05) is 39.3 Å². The Hall–Kier alpha value is -0.266. The summed E-state index contributed by atoms with van der Waals surface area (Å²) in [4.78, 5) is 12.1. The minimum absolute atomic E-state index is 0. The third-order valence-electron chi connectivity index (χ3n) is 2.80. The van der Waals surface area contributed by atoms with Crippen molar-refractivity contribution in [1.29, 1.82) is 0 Å². The molecule has 2 aromatic rings. The molecule has 3 nitrogen and oxygen atoms in total. The van der Waals surface area contributed by atoms with E-state index in [4.69, 9.17) is 4.74 Å². The predicted molar refractivity (Wildman–Crippen MR) is 79.9 cm³/mol. The van der Waals surface area contributed by atoms with Gasteiger partial charge in [0.05, 0.1) is 18.7 Å². The quantitative estimate of drug-likeness (QED) is 0.520. The molecular formula is C14H12FINO2Y-. The van der Waals surface area contributed by atoms with E-state index in [9.17, 15) is 9.18 Å². The number of benzene rings is 1. The first kappa shape index (κ1) is 17.8. The van der Waals surface area contributed by atoms with Crippen molar-refractivity contribution in [2.45, 2.75) is 13.5 Å². The fraction of sp³-hybridized carbons (Fsp3) is 0.214. The molecule has 6 heteroatoms. The van der Waals surface area contributed by atoms with E-state index in [0.717, 1.165) is 0 Å². The molecule has 0 amide bonds. The maximum Gasteiger partial charge on any atom is 0.207 e. The van der Waals surface area contributed by atoms with Gasteiger partial charge in [-0.1, -0.05) is 11.8 Å². The largest absolute Gasteiger partial charge is 0.509 e. The van der Waals surface area contributed by atoms with Crippen LogP contribution in [0.2, 0.25) is 0 Å². The second kappa shape index (κ2) is 7.66. The smallest absolute Gasteiger partial charge is 0.207 e. The first-order valence-electron chi connectivity index (χ1n) is 5.74. The van der Waals surface area contributed by atoms with Gasteiger partial charge >= 0.3 is 0 Å². The zero-order chi connectivity index (χ0) is 14.0. The van der Waals surface area contributed by atoms with Crippen molar-refractivity contribution in [2.24, 2.45) is 0 Å². The van der Waals surface area contributed by atoms with Crippen LogP contribution in [0.4, 0.5) is 4.39 Å². The summed E-state index contributed by atoms with van der Waals surface area (Å²) in [5, 5.41) is 0. The molecule has 1 aromatic carbocycles. The molecule has 0 aliphatic heterocycles. The minimum atomic E-state index is -0.432. The third kappa shape index (κ3) is 3.31. The van der Waals surface area contributed by atoms with Gasteiger partial charge < -0.3 is 9.30 Å². The second-order valence-corrected chi connectivity index (χ2v) is 5.01. The van der Waals surface area contributed by atoms with Gasteiger partial charge in [0.25, 0.3) is 0 Å². The van der Waals surface area contributed by atoms with E-state index in [1.54, 1.807) is 18.2 Å². The van der Waals surface area contributed by atoms with Crippen molar-refractivity contribution in [1.82, 2.24) is 4.57 Å². The van der Waals surface area contributed by atoms with Crippen LogP contribution in [0, 0.1) is 15.5 Å². The average molecular weight is 461 g/mol. The van der Waals surface area contributed by atoms with Crippen LogP contribution in [0.5, 0.6) is 5.75 Å². The average Bonchev–Trinajstić information content (AvgIpc) is 2.41. The molecule has 1 aromatic heterocycles.